The molecule has 3 N–H and O–H groups in total. The van der Waals surface area contributed by atoms with Gasteiger partial charge in [0.1, 0.15) is 11.2 Å². The van der Waals surface area contributed by atoms with E-state index >= 15 is 0 Å². The first kappa shape index (κ1) is 15.8. The van der Waals surface area contributed by atoms with Gasteiger partial charge in [0.2, 0.25) is 5.91 Å². The molecule has 0 radical (unpaired) electrons. The van der Waals surface area contributed by atoms with Gasteiger partial charge in [-0.15, -0.1) is 0 Å². The molecule has 0 saturated heterocycles. The van der Waals surface area contributed by atoms with Crippen LogP contribution < -0.4 is 10.5 Å². The van der Waals surface area contributed by atoms with Crippen molar-refractivity contribution in [3.05, 3.63) is 29.8 Å². The van der Waals surface area contributed by atoms with Crippen molar-refractivity contribution in [1.29, 1.82) is 0 Å². The molecule has 0 heterocycles. The van der Waals surface area contributed by atoms with Crippen LogP contribution in [-0.2, 0) is 11.3 Å². The summed E-state index contributed by atoms with van der Waals surface area (Å²) in [5, 5.41) is 11.7. The minimum absolute atomic E-state index is 0.107. The average molecular weight is 279 g/mol. The Morgan fingerprint density at radius 2 is 1.95 bits per heavy atom. The average Bonchev–Trinajstić information content (AvgIpc) is 2.46. The molecule has 20 heavy (non-hydrogen) atoms. The van der Waals surface area contributed by atoms with Crippen LogP contribution in [0.3, 0.4) is 0 Å². The third-order valence-electron chi connectivity index (χ3n) is 3.21. The number of nitrogens with zero attached hydrogens (tertiary/aromatic N) is 2. The summed E-state index contributed by atoms with van der Waals surface area (Å²) in [7, 11) is 3.28. The lowest BCUT2D eigenvalue weighted by Crippen LogP contribution is -2.46. The van der Waals surface area contributed by atoms with Crippen molar-refractivity contribution in [3.8, 4) is 5.75 Å². The Hall–Kier alpha value is -2.24. The standard InChI is InChI=1S/C14H21N3O3/c1-14(2,12(15)16-19)13(18)17(3)9-10-5-7-11(20-4)8-6-10/h5-8,19H,9H2,1-4H3,(H2,15,16). The number of hydrogen-bond donors (Lipinski definition) is 2. The molecule has 0 aliphatic carbocycles. The number of amidine groups is 1. The van der Waals surface area contributed by atoms with Crippen LogP contribution in [0.5, 0.6) is 5.75 Å². The lowest BCUT2D eigenvalue weighted by atomic mass is 9.90. The van der Waals surface area contributed by atoms with Gasteiger partial charge in [0.15, 0.2) is 5.84 Å². The van der Waals surface area contributed by atoms with Crippen LogP contribution in [0.1, 0.15) is 19.4 Å². The predicted molar refractivity (Wildman–Crippen MR) is 76.7 cm³/mol. The zero-order valence-electron chi connectivity index (χ0n) is 12.3. The molecule has 6 nitrogen and oxygen atoms in total. The quantitative estimate of drug-likeness (QED) is 0.369. The number of oxime groups is 1. The van der Waals surface area contributed by atoms with E-state index < -0.39 is 5.41 Å². The summed E-state index contributed by atoms with van der Waals surface area (Å²) >= 11 is 0. The Morgan fingerprint density at radius 3 is 2.40 bits per heavy atom. The van der Waals surface area contributed by atoms with Crippen LogP contribution in [0.4, 0.5) is 0 Å². The lowest BCUT2D eigenvalue weighted by molar-refractivity contribution is -0.136. The molecule has 0 fully saturated rings. The number of rotatable bonds is 5. The lowest BCUT2D eigenvalue weighted by Gasteiger charge is -2.28. The van der Waals surface area contributed by atoms with Crippen LogP contribution in [0, 0.1) is 5.41 Å². The van der Waals surface area contributed by atoms with E-state index in [9.17, 15) is 4.79 Å². The van der Waals surface area contributed by atoms with E-state index in [1.54, 1.807) is 32.9 Å². The molecule has 0 unspecified atom stereocenters. The number of amides is 1. The van der Waals surface area contributed by atoms with E-state index in [4.69, 9.17) is 15.7 Å². The summed E-state index contributed by atoms with van der Waals surface area (Å²) in [5.41, 5.74) is 5.48. The van der Waals surface area contributed by atoms with Crippen LogP contribution >= 0.6 is 0 Å². The number of nitrogens with two attached hydrogens (primary N) is 1. The molecule has 1 rings (SSSR count). The molecule has 0 aliphatic heterocycles. The zero-order chi connectivity index (χ0) is 15.3. The fourth-order valence-electron chi connectivity index (χ4n) is 1.79. The van der Waals surface area contributed by atoms with Crippen molar-refractivity contribution in [3.63, 3.8) is 0 Å². The highest BCUT2D eigenvalue weighted by Crippen LogP contribution is 2.20. The fraction of sp³-hybridized carbons (Fsp3) is 0.429. The molecule has 0 spiro atoms. The molecule has 110 valence electrons. The number of hydrogen-bond acceptors (Lipinski definition) is 4. The van der Waals surface area contributed by atoms with E-state index in [2.05, 4.69) is 5.16 Å². The number of carbonyl (C=O) groups excluding carboxylic acids is 1. The van der Waals surface area contributed by atoms with Gasteiger partial charge in [-0.1, -0.05) is 17.3 Å². The topological polar surface area (TPSA) is 88.2 Å². The van der Waals surface area contributed by atoms with Gasteiger partial charge in [0, 0.05) is 13.6 Å². The Labute approximate surface area is 118 Å². The maximum absolute atomic E-state index is 12.3. The van der Waals surface area contributed by atoms with Gasteiger partial charge in [0.25, 0.3) is 0 Å². The zero-order valence-corrected chi connectivity index (χ0v) is 12.3. The smallest absolute Gasteiger partial charge is 0.235 e. The van der Waals surface area contributed by atoms with E-state index in [1.165, 1.54) is 0 Å². The first-order valence-electron chi connectivity index (χ1n) is 6.19. The molecule has 0 aromatic heterocycles. The third kappa shape index (κ3) is 3.40. The monoisotopic (exact) mass is 279 g/mol. The summed E-state index contributed by atoms with van der Waals surface area (Å²) in [5.74, 6) is 0.437. The summed E-state index contributed by atoms with van der Waals surface area (Å²) in [6.45, 7) is 3.68. The van der Waals surface area contributed by atoms with Crippen molar-refractivity contribution >= 4 is 11.7 Å². The summed E-state index contributed by atoms with van der Waals surface area (Å²) in [6.07, 6.45) is 0. The molecule has 1 aromatic rings. The van der Waals surface area contributed by atoms with Gasteiger partial charge >= 0.3 is 0 Å². The largest absolute Gasteiger partial charge is 0.497 e. The van der Waals surface area contributed by atoms with Gasteiger partial charge in [-0.05, 0) is 31.5 Å². The highest BCUT2D eigenvalue weighted by atomic mass is 16.5. The van der Waals surface area contributed by atoms with Crippen LogP contribution in [-0.4, -0.2) is 36.0 Å². The maximum atomic E-state index is 12.3. The van der Waals surface area contributed by atoms with Gasteiger partial charge in [-0.2, -0.15) is 0 Å². The van der Waals surface area contributed by atoms with Gasteiger partial charge < -0.3 is 20.6 Å². The van der Waals surface area contributed by atoms with E-state index in [0.717, 1.165) is 11.3 Å². The SMILES string of the molecule is COc1ccc(CN(C)C(=O)C(C)(C)C(N)=NO)cc1. The molecular formula is C14H21N3O3. The highest BCUT2D eigenvalue weighted by molar-refractivity contribution is 6.05. The van der Waals surface area contributed by atoms with Crippen molar-refractivity contribution in [2.24, 2.45) is 16.3 Å². The minimum atomic E-state index is -1.05. The van der Waals surface area contributed by atoms with Gasteiger partial charge in [-0.3, -0.25) is 4.79 Å². The molecular weight excluding hydrogens is 258 g/mol. The van der Waals surface area contributed by atoms with Gasteiger partial charge in [-0.25, -0.2) is 0 Å². The van der Waals surface area contributed by atoms with Crippen molar-refractivity contribution in [2.45, 2.75) is 20.4 Å². The first-order valence-corrected chi connectivity index (χ1v) is 6.19. The second kappa shape index (κ2) is 6.27. The van der Waals surface area contributed by atoms with Crippen LogP contribution in [0.15, 0.2) is 29.4 Å². The van der Waals surface area contributed by atoms with E-state index in [0.29, 0.717) is 6.54 Å². The Bertz CT molecular complexity index is 495. The Kier molecular flexibility index (Phi) is 4.96. The van der Waals surface area contributed by atoms with E-state index in [1.807, 2.05) is 24.3 Å². The van der Waals surface area contributed by atoms with Crippen molar-refractivity contribution < 1.29 is 14.7 Å². The molecule has 1 amide bonds. The molecule has 6 heteroatoms. The first-order chi connectivity index (χ1) is 9.32. The molecule has 0 saturated carbocycles. The molecule has 0 aliphatic rings. The van der Waals surface area contributed by atoms with Crippen molar-refractivity contribution in [2.75, 3.05) is 14.2 Å². The number of ether oxygens (including phenoxy) is 1. The molecule has 0 bridgehead atoms. The van der Waals surface area contributed by atoms with Crippen LogP contribution in [0.25, 0.3) is 0 Å². The summed E-state index contributed by atoms with van der Waals surface area (Å²) in [6, 6.07) is 7.45. The maximum Gasteiger partial charge on any atom is 0.235 e. The summed E-state index contributed by atoms with van der Waals surface area (Å²) < 4.78 is 5.08. The molecule has 0 atom stereocenters. The highest BCUT2D eigenvalue weighted by Gasteiger charge is 2.35. The van der Waals surface area contributed by atoms with Gasteiger partial charge in [0.05, 0.1) is 7.11 Å². The third-order valence-corrected chi connectivity index (χ3v) is 3.21. The number of methoxy groups -OCH3 is 1. The number of carbonyl (C=O) groups is 1. The van der Waals surface area contributed by atoms with E-state index in [-0.39, 0.29) is 11.7 Å². The predicted octanol–water partition coefficient (Wildman–Crippen LogP) is 1.43. The fourth-order valence-corrected chi connectivity index (χ4v) is 1.79. The Morgan fingerprint density at radius 1 is 1.40 bits per heavy atom. The van der Waals surface area contributed by atoms with Crippen LogP contribution in [0.2, 0.25) is 0 Å². The number of benzene rings is 1. The second-order valence-electron chi connectivity index (χ2n) is 5.12. The minimum Gasteiger partial charge on any atom is -0.497 e. The van der Waals surface area contributed by atoms with Crippen molar-refractivity contribution in [1.82, 2.24) is 4.90 Å². The normalized spacial score (nSPS) is 12.1. The summed E-state index contributed by atoms with van der Waals surface area (Å²) in [4.78, 5) is 13.9. The Balaban J connectivity index is 2.79. The molecule has 1 aromatic carbocycles. The second-order valence-corrected chi connectivity index (χ2v) is 5.12.